The van der Waals surface area contributed by atoms with Gasteiger partial charge in [-0.15, -0.1) is 0 Å². The van der Waals surface area contributed by atoms with Crippen molar-refractivity contribution in [3.05, 3.63) is 284 Å². The molecule has 1 atom stereocenters. The van der Waals surface area contributed by atoms with E-state index in [4.69, 9.17) is 0 Å². The monoisotopic (exact) mass is 863 g/mol. The molecular formula is C67H45N. The van der Waals surface area contributed by atoms with Crippen LogP contribution in [0, 0.1) is 0 Å². The fraction of sp³-hybridized carbons (Fsp3) is 0.0149. The third kappa shape index (κ3) is 6.71. The van der Waals surface area contributed by atoms with Crippen molar-refractivity contribution in [1.82, 2.24) is 0 Å². The zero-order valence-electron chi connectivity index (χ0n) is 37.4. The Labute approximate surface area is 397 Å². The first-order valence-electron chi connectivity index (χ1n) is 23.6. The molecule has 12 aromatic rings. The van der Waals surface area contributed by atoms with E-state index in [0.29, 0.717) is 0 Å². The first kappa shape index (κ1) is 39.6. The van der Waals surface area contributed by atoms with Crippen molar-refractivity contribution < 1.29 is 0 Å². The number of para-hydroxylation sites is 1. The molecule has 0 aromatic heterocycles. The molecule has 0 saturated heterocycles. The molecule has 0 bridgehead atoms. The van der Waals surface area contributed by atoms with Crippen LogP contribution >= 0.6 is 0 Å². The molecule has 0 N–H and O–H groups in total. The SMILES string of the molecule is c1ccc(-c2cccc(N(c3ccc(-c4cc5ccccc5c5ccccc45)cc3)c3ccccc3-c3cc(C4c5ccccc5-c5c4ccc4ccccc54)ccc3-c3ccccc3)c2)cc1. The van der Waals surface area contributed by atoms with Crippen LogP contribution in [0.25, 0.3) is 88.0 Å². The maximum absolute atomic E-state index is 2.49. The van der Waals surface area contributed by atoms with E-state index < -0.39 is 0 Å². The van der Waals surface area contributed by atoms with Gasteiger partial charge < -0.3 is 4.90 Å². The number of hydrogen-bond donors (Lipinski definition) is 0. The third-order valence-corrected chi connectivity index (χ3v) is 14.1. The quantitative estimate of drug-likeness (QED) is 0.138. The molecule has 0 heterocycles. The smallest absolute Gasteiger partial charge is 0.0540 e. The highest BCUT2D eigenvalue weighted by molar-refractivity contribution is 6.14. The summed E-state index contributed by atoms with van der Waals surface area (Å²) in [7, 11) is 0. The minimum Gasteiger partial charge on any atom is -0.310 e. The van der Waals surface area contributed by atoms with Crippen LogP contribution in [0.5, 0.6) is 0 Å². The molecule has 0 fully saturated rings. The maximum Gasteiger partial charge on any atom is 0.0540 e. The van der Waals surface area contributed by atoms with E-state index in [0.717, 1.165) is 22.6 Å². The van der Waals surface area contributed by atoms with Gasteiger partial charge >= 0.3 is 0 Å². The lowest BCUT2D eigenvalue weighted by atomic mass is 9.84. The Balaban J connectivity index is 1.01. The van der Waals surface area contributed by atoms with Crippen LogP contribution in [0.1, 0.15) is 22.6 Å². The average molecular weight is 864 g/mol. The van der Waals surface area contributed by atoms with Gasteiger partial charge in [-0.05, 0) is 142 Å². The summed E-state index contributed by atoms with van der Waals surface area (Å²) in [4.78, 5) is 2.46. The molecule has 68 heavy (non-hydrogen) atoms. The van der Waals surface area contributed by atoms with Gasteiger partial charge in [0.2, 0.25) is 0 Å². The Bertz CT molecular complexity index is 3850. The van der Waals surface area contributed by atoms with Gasteiger partial charge in [0.25, 0.3) is 0 Å². The molecule has 1 aliphatic rings. The van der Waals surface area contributed by atoms with Gasteiger partial charge in [0.05, 0.1) is 5.69 Å². The Morgan fingerprint density at radius 2 is 0.882 bits per heavy atom. The van der Waals surface area contributed by atoms with Crippen LogP contribution in [0.2, 0.25) is 0 Å². The van der Waals surface area contributed by atoms with Gasteiger partial charge in [-0.2, -0.15) is 0 Å². The zero-order valence-corrected chi connectivity index (χ0v) is 37.4. The van der Waals surface area contributed by atoms with E-state index in [9.17, 15) is 0 Å². The predicted molar refractivity (Wildman–Crippen MR) is 288 cm³/mol. The van der Waals surface area contributed by atoms with Crippen molar-refractivity contribution in [3.63, 3.8) is 0 Å². The Morgan fingerprint density at radius 3 is 1.69 bits per heavy atom. The molecule has 12 aromatic carbocycles. The molecule has 1 unspecified atom stereocenters. The van der Waals surface area contributed by atoms with Gasteiger partial charge in [0.15, 0.2) is 0 Å². The molecule has 0 spiro atoms. The molecule has 0 amide bonds. The second-order valence-corrected chi connectivity index (χ2v) is 17.9. The number of nitrogens with zero attached hydrogens (tertiary/aromatic N) is 1. The third-order valence-electron chi connectivity index (χ3n) is 14.1. The number of rotatable bonds is 8. The Morgan fingerprint density at radius 1 is 0.265 bits per heavy atom. The second-order valence-electron chi connectivity index (χ2n) is 17.9. The van der Waals surface area contributed by atoms with Gasteiger partial charge in [-0.3, -0.25) is 0 Å². The highest BCUT2D eigenvalue weighted by atomic mass is 15.1. The van der Waals surface area contributed by atoms with Gasteiger partial charge in [-0.25, -0.2) is 0 Å². The van der Waals surface area contributed by atoms with Crippen LogP contribution in [0.3, 0.4) is 0 Å². The van der Waals surface area contributed by atoms with Crippen LogP contribution in [0.4, 0.5) is 17.1 Å². The maximum atomic E-state index is 2.49. The van der Waals surface area contributed by atoms with Crippen molar-refractivity contribution in [3.8, 4) is 55.6 Å². The summed E-state index contributed by atoms with van der Waals surface area (Å²) in [6.07, 6.45) is 0. The molecule has 13 rings (SSSR count). The molecule has 1 nitrogen and oxygen atoms in total. The Hall–Kier alpha value is -8.78. The highest BCUT2D eigenvalue weighted by Crippen LogP contribution is 2.52. The fourth-order valence-corrected chi connectivity index (χ4v) is 11.0. The van der Waals surface area contributed by atoms with Gasteiger partial charge in [0.1, 0.15) is 0 Å². The lowest BCUT2D eigenvalue weighted by Crippen LogP contribution is -2.11. The summed E-state index contributed by atoms with van der Waals surface area (Å²) >= 11 is 0. The highest BCUT2D eigenvalue weighted by Gasteiger charge is 2.32. The zero-order chi connectivity index (χ0) is 45.0. The minimum absolute atomic E-state index is 0.0823. The second kappa shape index (κ2) is 16.6. The fourth-order valence-electron chi connectivity index (χ4n) is 11.0. The molecule has 0 radical (unpaired) electrons. The van der Waals surface area contributed by atoms with Gasteiger partial charge in [-0.1, -0.05) is 224 Å². The Kier molecular flexibility index (Phi) is 9.65. The molecule has 0 saturated carbocycles. The van der Waals surface area contributed by atoms with E-state index in [1.807, 2.05) is 0 Å². The average Bonchev–Trinajstić information content (AvgIpc) is 3.76. The summed E-state index contributed by atoms with van der Waals surface area (Å²) in [5.41, 5.74) is 19.4. The van der Waals surface area contributed by atoms with Crippen molar-refractivity contribution in [2.24, 2.45) is 0 Å². The van der Waals surface area contributed by atoms with E-state index in [-0.39, 0.29) is 5.92 Å². The van der Waals surface area contributed by atoms with Crippen LogP contribution in [-0.4, -0.2) is 0 Å². The first-order valence-corrected chi connectivity index (χ1v) is 23.6. The molecule has 318 valence electrons. The summed E-state index contributed by atoms with van der Waals surface area (Å²) in [5.74, 6) is 0.0823. The summed E-state index contributed by atoms with van der Waals surface area (Å²) in [6.45, 7) is 0. The number of fused-ring (bicyclic) bond motifs is 8. The molecule has 1 aliphatic carbocycles. The van der Waals surface area contributed by atoms with Crippen molar-refractivity contribution in [2.75, 3.05) is 4.90 Å². The minimum atomic E-state index is 0.0823. The number of anilines is 3. The van der Waals surface area contributed by atoms with Crippen LogP contribution in [0.15, 0.2) is 267 Å². The van der Waals surface area contributed by atoms with E-state index in [1.54, 1.807) is 0 Å². The van der Waals surface area contributed by atoms with Crippen LogP contribution in [-0.2, 0) is 0 Å². The summed E-state index contributed by atoms with van der Waals surface area (Å²) < 4.78 is 0. The van der Waals surface area contributed by atoms with E-state index in [2.05, 4.69) is 272 Å². The van der Waals surface area contributed by atoms with Crippen molar-refractivity contribution in [1.29, 1.82) is 0 Å². The molecule has 1 heteroatoms. The largest absolute Gasteiger partial charge is 0.310 e. The number of hydrogen-bond acceptors (Lipinski definition) is 1. The van der Waals surface area contributed by atoms with Crippen molar-refractivity contribution >= 4 is 49.4 Å². The lowest BCUT2D eigenvalue weighted by molar-refractivity contribution is 1.02. The number of benzene rings is 12. The topological polar surface area (TPSA) is 3.24 Å². The van der Waals surface area contributed by atoms with E-state index >= 15 is 0 Å². The lowest BCUT2D eigenvalue weighted by Gasteiger charge is -2.29. The standard InChI is InChI=1S/C67H45N/c1-3-18-45(19-4-1)49-24-17-25-53(42-49)68(52-38-34-48(35-39-52)63-43-50-23-8-9-26-54(50)57-28-11-12-29-58(57)63)65-33-16-15-30-59(65)64-44-51(37-40-55(64)46-20-5-2-6-21-46)66-60-31-13-14-32-61(60)67-56-27-10-7-22-47(56)36-41-62(66)67/h1-44,66H. The molecular weight excluding hydrogens is 819 g/mol. The van der Waals surface area contributed by atoms with E-state index in [1.165, 1.54) is 99.1 Å². The van der Waals surface area contributed by atoms with Crippen LogP contribution < -0.4 is 4.90 Å². The van der Waals surface area contributed by atoms with Crippen molar-refractivity contribution in [2.45, 2.75) is 5.92 Å². The predicted octanol–water partition coefficient (Wildman–Crippen LogP) is 18.4. The summed E-state index contributed by atoms with van der Waals surface area (Å²) in [5, 5.41) is 7.62. The summed E-state index contributed by atoms with van der Waals surface area (Å²) in [6, 6.07) is 98.4. The first-order chi connectivity index (χ1) is 33.7. The normalized spacial score (nSPS) is 12.9. The molecule has 0 aliphatic heterocycles. The van der Waals surface area contributed by atoms with Gasteiger partial charge in [0, 0.05) is 22.9 Å².